The van der Waals surface area contributed by atoms with Crippen LogP contribution in [0.1, 0.15) is 242 Å². The third-order valence-corrected chi connectivity index (χ3v) is 19.9. The van der Waals surface area contributed by atoms with Crippen LogP contribution in [0.15, 0.2) is 53.1 Å². The lowest BCUT2D eigenvalue weighted by Gasteiger charge is -2.25. The van der Waals surface area contributed by atoms with Gasteiger partial charge in [0.15, 0.2) is 0 Å². The van der Waals surface area contributed by atoms with Crippen molar-refractivity contribution in [2.24, 2.45) is 0 Å². The molecular weight excluding hydrogens is 921 g/mol. The highest BCUT2D eigenvalue weighted by Crippen LogP contribution is 2.54. The minimum absolute atomic E-state index is 0.149. The molecule has 378 valence electrons. The van der Waals surface area contributed by atoms with Crippen molar-refractivity contribution in [3.63, 3.8) is 0 Å². The molecule has 5 aromatic rings. The minimum Gasteiger partial charge on any atom is -0.0928 e. The summed E-state index contributed by atoms with van der Waals surface area (Å²) in [6, 6.07) is 14.6. The van der Waals surface area contributed by atoms with Gasteiger partial charge in [0.05, 0.1) is 0 Å². The van der Waals surface area contributed by atoms with Crippen molar-refractivity contribution >= 4 is 32.6 Å². The van der Waals surface area contributed by atoms with E-state index >= 15 is 0 Å². The Morgan fingerprint density at radius 2 is 0.746 bits per heavy atom. The van der Waals surface area contributed by atoms with Crippen molar-refractivity contribution in [2.45, 2.75) is 220 Å². The van der Waals surface area contributed by atoms with Gasteiger partial charge < -0.3 is 0 Å². The van der Waals surface area contributed by atoms with Gasteiger partial charge >= 0.3 is 0 Å². The summed E-state index contributed by atoms with van der Waals surface area (Å²) in [6.45, 7) is 55.4. The molecule has 0 N–H and O–H groups in total. The van der Waals surface area contributed by atoms with E-state index in [-0.39, 0.29) is 10.8 Å². The van der Waals surface area contributed by atoms with Gasteiger partial charge in [0.1, 0.15) is 0 Å². The van der Waals surface area contributed by atoms with Crippen molar-refractivity contribution in [3.05, 3.63) is 176 Å². The minimum atomic E-state index is 0.149. The number of hydrogen-bond acceptors (Lipinski definition) is 0. The second-order valence-electron chi connectivity index (χ2n) is 24.9. The summed E-state index contributed by atoms with van der Waals surface area (Å²) in [5, 5.41) is 1.08. The molecule has 0 radical (unpaired) electrons. The number of halogens is 1. The third kappa shape index (κ3) is 9.29. The SMILES string of the molecule is CC1=C(C)C(CCBr)c2c(C)c(C)c(C)c(C)c21.CC1=C(C)C(CCC2c3cc(C(C)(C)C)ccc3-c3ccc(C(C)(C)C)cc32)c2c(C)c(C)c(C)c(C)c21.CC1=C(C)c2c(C)c(C)c(C)c(C)c2C1. The first-order valence-electron chi connectivity index (χ1n) is 27.2. The Morgan fingerprint density at radius 1 is 0.394 bits per heavy atom. The molecule has 0 aromatic heterocycles. The highest BCUT2D eigenvalue weighted by atomic mass is 79.9. The van der Waals surface area contributed by atoms with Gasteiger partial charge in [-0.1, -0.05) is 111 Å². The summed E-state index contributed by atoms with van der Waals surface area (Å²) < 4.78 is 0. The molecule has 0 amide bonds. The second-order valence-corrected chi connectivity index (χ2v) is 25.7. The summed E-state index contributed by atoms with van der Waals surface area (Å²) >= 11 is 3.61. The van der Waals surface area contributed by atoms with Crippen LogP contribution in [0, 0.1) is 83.1 Å². The molecule has 0 bridgehead atoms. The van der Waals surface area contributed by atoms with Crippen LogP contribution in [0.5, 0.6) is 0 Å². The van der Waals surface area contributed by atoms with Crippen LogP contribution in [-0.4, -0.2) is 5.33 Å². The molecule has 1 heteroatoms. The summed E-state index contributed by atoms with van der Waals surface area (Å²) in [5.74, 6) is 1.60. The normalized spacial score (nSPS) is 17.0. The van der Waals surface area contributed by atoms with E-state index in [9.17, 15) is 0 Å². The molecule has 5 aromatic carbocycles. The molecule has 0 saturated carbocycles. The first-order chi connectivity index (χ1) is 33.0. The number of benzene rings is 5. The second kappa shape index (κ2) is 19.9. The van der Waals surface area contributed by atoms with Gasteiger partial charge in [-0.3, -0.25) is 0 Å². The highest BCUT2D eigenvalue weighted by Gasteiger charge is 2.36. The zero-order valence-corrected chi connectivity index (χ0v) is 50.7. The smallest absolute Gasteiger partial charge is 0.0102 e. The van der Waals surface area contributed by atoms with Crippen LogP contribution in [0.2, 0.25) is 0 Å². The van der Waals surface area contributed by atoms with Crippen molar-refractivity contribution in [3.8, 4) is 11.1 Å². The Bertz CT molecular complexity index is 3030. The highest BCUT2D eigenvalue weighted by molar-refractivity contribution is 9.09. The van der Waals surface area contributed by atoms with Crippen LogP contribution >= 0.6 is 15.9 Å². The van der Waals surface area contributed by atoms with Crippen LogP contribution in [0.4, 0.5) is 0 Å². The van der Waals surface area contributed by atoms with E-state index < -0.39 is 0 Å². The number of rotatable bonds is 5. The van der Waals surface area contributed by atoms with E-state index in [2.05, 4.69) is 218 Å². The van der Waals surface area contributed by atoms with E-state index in [1.54, 1.807) is 55.7 Å². The maximum absolute atomic E-state index is 3.61. The van der Waals surface area contributed by atoms with E-state index in [1.807, 2.05) is 0 Å². The first-order valence-corrected chi connectivity index (χ1v) is 28.3. The van der Waals surface area contributed by atoms with Crippen LogP contribution in [0.3, 0.4) is 0 Å². The standard InChI is InChI=1S/C38H48.C17H23Br.C15H20/c1-21-22(2)25(5)36-29(23(3)26(6)35(36)24(21)4)17-18-32-33-19-27(37(7,8)9)13-15-30(33)31-16-14-28(20-34(31)32)38(10,11)12;1-9-10(2)13(5)17-15(7-8-18)11(3)14(6)16(17)12(9)4;1-8-7-14-12(5)10(3)11(4)13(6)15(14)9(8)2/h13-16,19-20,29,32H,17-18H2,1-12H3;15H,7-8H2,1-6H3;7H2,1-6H3. The molecule has 0 aliphatic heterocycles. The Morgan fingerprint density at radius 3 is 1.14 bits per heavy atom. The zero-order chi connectivity index (χ0) is 52.8. The number of alkyl halides is 1. The van der Waals surface area contributed by atoms with E-state index in [1.165, 1.54) is 131 Å². The maximum Gasteiger partial charge on any atom is 0.0102 e. The summed E-state index contributed by atoms with van der Waals surface area (Å²) in [7, 11) is 0. The molecular formula is C70H91Br. The van der Waals surface area contributed by atoms with Gasteiger partial charge in [0, 0.05) is 23.1 Å². The van der Waals surface area contributed by atoms with Crippen molar-refractivity contribution < 1.29 is 0 Å². The lowest BCUT2D eigenvalue weighted by Crippen LogP contribution is -2.13. The molecule has 4 aliphatic carbocycles. The van der Waals surface area contributed by atoms with Crippen LogP contribution in [-0.2, 0) is 17.3 Å². The monoisotopic (exact) mass is 1010 g/mol. The fourth-order valence-corrected chi connectivity index (χ4v) is 13.8. The Labute approximate surface area is 442 Å². The van der Waals surface area contributed by atoms with Gasteiger partial charge in [-0.05, 0) is 311 Å². The van der Waals surface area contributed by atoms with Gasteiger partial charge in [0.2, 0.25) is 0 Å². The summed E-state index contributed by atoms with van der Waals surface area (Å²) in [4.78, 5) is 0. The van der Waals surface area contributed by atoms with Gasteiger partial charge in [0.25, 0.3) is 0 Å². The molecule has 2 atom stereocenters. The van der Waals surface area contributed by atoms with E-state index in [0.29, 0.717) is 17.8 Å². The Hall–Kier alpha value is -4.20. The Kier molecular flexibility index (Phi) is 15.3. The molecule has 0 nitrogen and oxygen atoms in total. The molecule has 4 aliphatic rings. The average molecular weight is 1010 g/mol. The molecule has 71 heavy (non-hydrogen) atoms. The number of fused-ring (bicyclic) bond motifs is 6. The maximum atomic E-state index is 3.61. The predicted molar refractivity (Wildman–Crippen MR) is 319 cm³/mol. The first kappa shape index (κ1) is 54.6. The van der Waals surface area contributed by atoms with Gasteiger partial charge in [-0.2, -0.15) is 0 Å². The molecule has 0 saturated heterocycles. The molecule has 0 spiro atoms. The average Bonchev–Trinajstić information content (AvgIpc) is 3.97. The largest absolute Gasteiger partial charge is 0.0928 e. The predicted octanol–water partition coefficient (Wildman–Crippen LogP) is 20.9. The molecule has 0 heterocycles. The topological polar surface area (TPSA) is 0 Å². The van der Waals surface area contributed by atoms with E-state index in [0.717, 1.165) is 11.8 Å². The van der Waals surface area contributed by atoms with Crippen LogP contribution < -0.4 is 0 Å². The Balaban J connectivity index is 0.000000185. The van der Waals surface area contributed by atoms with Crippen molar-refractivity contribution in [1.29, 1.82) is 0 Å². The fraction of sp³-hybridized carbons (Fsp3) is 0.486. The molecule has 0 fully saturated rings. The number of hydrogen-bond donors (Lipinski definition) is 0. The van der Waals surface area contributed by atoms with Crippen molar-refractivity contribution in [1.82, 2.24) is 0 Å². The fourth-order valence-electron chi connectivity index (χ4n) is 13.4. The summed E-state index contributed by atoms with van der Waals surface area (Å²) in [6.07, 6.45) is 4.75. The lowest BCUT2D eigenvalue weighted by atomic mass is 9.79. The molecule has 2 unspecified atom stereocenters. The van der Waals surface area contributed by atoms with Gasteiger partial charge in [-0.15, -0.1) is 0 Å². The lowest BCUT2D eigenvalue weighted by molar-refractivity contribution is 0.581. The van der Waals surface area contributed by atoms with Crippen LogP contribution in [0.25, 0.3) is 27.8 Å². The van der Waals surface area contributed by atoms with E-state index in [4.69, 9.17) is 0 Å². The number of allylic oxidation sites excluding steroid dienone is 6. The van der Waals surface area contributed by atoms with Crippen molar-refractivity contribution in [2.75, 3.05) is 5.33 Å². The molecule has 9 rings (SSSR count). The summed E-state index contributed by atoms with van der Waals surface area (Å²) in [5.41, 5.74) is 45.7. The third-order valence-electron chi connectivity index (χ3n) is 19.4. The quantitative estimate of drug-likeness (QED) is 0.154. The van der Waals surface area contributed by atoms with Gasteiger partial charge in [-0.25, -0.2) is 0 Å². The zero-order valence-electron chi connectivity index (χ0n) is 49.1.